The van der Waals surface area contributed by atoms with Crippen LogP contribution in [0.4, 0.5) is 4.79 Å². The van der Waals surface area contributed by atoms with Gasteiger partial charge in [-0.15, -0.1) is 6.58 Å². The lowest BCUT2D eigenvalue weighted by Gasteiger charge is -2.16. The van der Waals surface area contributed by atoms with Crippen LogP contribution in [0.3, 0.4) is 0 Å². The highest BCUT2D eigenvalue weighted by atomic mass is 16.6. The van der Waals surface area contributed by atoms with Crippen molar-refractivity contribution >= 4 is 12.1 Å². The van der Waals surface area contributed by atoms with Crippen molar-refractivity contribution < 1.29 is 19.1 Å². The zero-order chi connectivity index (χ0) is 15.9. The Morgan fingerprint density at radius 3 is 2.33 bits per heavy atom. The number of unbranched alkanes of at least 4 members (excludes halogenated alkanes) is 4. The molecule has 1 unspecified atom stereocenters. The molecule has 1 N–H and O–H groups in total. The maximum atomic E-state index is 11.9. The summed E-state index contributed by atoms with van der Waals surface area (Å²) < 4.78 is 10.1. The summed E-state index contributed by atoms with van der Waals surface area (Å²) >= 11 is 0. The minimum atomic E-state index is -0.720. The van der Waals surface area contributed by atoms with Gasteiger partial charge in [-0.25, -0.2) is 9.59 Å². The van der Waals surface area contributed by atoms with Crippen LogP contribution in [-0.4, -0.2) is 31.3 Å². The smallest absolute Gasteiger partial charge is 0.407 e. The Balaban J connectivity index is 4.04. The normalized spacial score (nSPS) is 11.5. The molecule has 0 saturated heterocycles. The largest absolute Gasteiger partial charge is 0.464 e. The number of alkyl carbamates (subject to hydrolysis) is 1. The summed E-state index contributed by atoms with van der Waals surface area (Å²) in [4.78, 5) is 23.4. The summed E-state index contributed by atoms with van der Waals surface area (Å²) in [5.74, 6) is -0.432. The van der Waals surface area contributed by atoms with Crippen molar-refractivity contribution in [2.75, 3.05) is 13.2 Å². The molecule has 21 heavy (non-hydrogen) atoms. The fourth-order valence-electron chi connectivity index (χ4n) is 1.68. The predicted molar refractivity (Wildman–Crippen MR) is 83.1 cm³/mol. The topological polar surface area (TPSA) is 64.6 Å². The van der Waals surface area contributed by atoms with Gasteiger partial charge in [-0.05, 0) is 19.3 Å². The van der Waals surface area contributed by atoms with E-state index in [1.165, 1.54) is 0 Å². The van der Waals surface area contributed by atoms with Crippen LogP contribution in [0, 0.1) is 0 Å². The van der Waals surface area contributed by atoms with Crippen LogP contribution < -0.4 is 5.32 Å². The fraction of sp³-hybridized carbons (Fsp3) is 0.750. The average Bonchev–Trinajstić information content (AvgIpc) is 2.46. The van der Waals surface area contributed by atoms with Gasteiger partial charge in [0.25, 0.3) is 0 Å². The number of hydrogen-bond acceptors (Lipinski definition) is 4. The van der Waals surface area contributed by atoms with Crippen molar-refractivity contribution in [1.82, 2.24) is 5.32 Å². The highest BCUT2D eigenvalue weighted by Crippen LogP contribution is 2.02. The van der Waals surface area contributed by atoms with Gasteiger partial charge in [-0.3, -0.25) is 0 Å². The van der Waals surface area contributed by atoms with Crippen molar-refractivity contribution in [3.8, 4) is 0 Å². The Bertz CT molecular complexity index is 305. The first kappa shape index (κ1) is 19.5. The molecule has 0 rings (SSSR count). The lowest BCUT2D eigenvalue weighted by molar-refractivity contribution is -0.146. The Kier molecular flexibility index (Phi) is 12.5. The summed E-state index contributed by atoms with van der Waals surface area (Å²) in [5, 5.41) is 2.52. The molecular formula is C16H29NO4. The van der Waals surface area contributed by atoms with E-state index in [-0.39, 0.29) is 0 Å². The van der Waals surface area contributed by atoms with Crippen LogP contribution in [0.25, 0.3) is 0 Å². The van der Waals surface area contributed by atoms with Crippen LogP contribution in [0.1, 0.15) is 58.8 Å². The van der Waals surface area contributed by atoms with Crippen LogP contribution in [0.5, 0.6) is 0 Å². The number of esters is 1. The van der Waals surface area contributed by atoms with E-state index in [1.54, 1.807) is 6.08 Å². The SMILES string of the molecule is C=CCC(NC(=O)OCCCC)C(=O)OCCCCCC. The van der Waals surface area contributed by atoms with E-state index >= 15 is 0 Å². The third-order valence-corrected chi connectivity index (χ3v) is 2.95. The second-order valence-electron chi connectivity index (χ2n) is 4.94. The van der Waals surface area contributed by atoms with Crippen molar-refractivity contribution in [2.24, 2.45) is 0 Å². The third kappa shape index (κ3) is 10.9. The molecule has 122 valence electrons. The van der Waals surface area contributed by atoms with Crippen LogP contribution in [0.15, 0.2) is 12.7 Å². The first-order chi connectivity index (χ1) is 10.2. The zero-order valence-corrected chi connectivity index (χ0v) is 13.4. The Morgan fingerprint density at radius 1 is 1.05 bits per heavy atom. The molecule has 1 atom stereocenters. The highest BCUT2D eigenvalue weighted by molar-refractivity contribution is 5.81. The summed E-state index contributed by atoms with van der Waals surface area (Å²) in [6.45, 7) is 8.47. The molecule has 0 aliphatic heterocycles. The van der Waals surface area contributed by atoms with Crippen molar-refractivity contribution in [1.29, 1.82) is 0 Å². The minimum absolute atomic E-state index is 0.330. The molecule has 0 spiro atoms. The quantitative estimate of drug-likeness (QED) is 0.340. The number of hydrogen-bond donors (Lipinski definition) is 1. The molecule has 0 aromatic rings. The fourth-order valence-corrected chi connectivity index (χ4v) is 1.68. The van der Waals surface area contributed by atoms with Gasteiger partial charge >= 0.3 is 12.1 Å². The number of ether oxygens (including phenoxy) is 2. The average molecular weight is 299 g/mol. The number of carbonyl (C=O) groups is 2. The van der Waals surface area contributed by atoms with E-state index < -0.39 is 18.1 Å². The predicted octanol–water partition coefficient (Wildman–Crippen LogP) is 3.58. The number of carbonyl (C=O) groups excluding carboxylic acids is 2. The second-order valence-corrected chi connectivity index (χ2v) is 4.94. The molecule has 0 aliphatic carbocycles. The van der Waals surface area contributed by atoms with Crippen LogP contribution in [0.2, 0.25) is 0 Å². The van der Waals surface area contributed by atoms with Gasteiger partial charge in [0.15, 0.2) is 0 Å². The van der Waals surface area contributed by atoms with Gasteiger partial charge in [-0.2, -0.15) is 0 Å². The summed E-state index contributed by atoms with van der Waals surface area (Å²) in [6.07, 6.45) is 7.24. The lowest BCUT2D eigenvalue weighted by atomic mass is 10.2. The van der Waals surface area contributed by atoms with Crippen LogP contribution in [-0.2, 0) is 14.3 Å². The maximum Gasteiger partial charge on any atom is 0.407 e. The standard InChI is InChI=1S/C16H29NO4/c1-4-7-9-10-13-20-15(18)14(11-6-3)17-16(19)21-12-8-5-2/h6,14H,3-5,7-13H2,1-2H3,(H,17,19). The highest BCUT2D eigenvalue weighted by Gasteiger charge is 2.21. The number of amides is 1. The maximum absolute atomic E-state index is 11.9. The van der Waals surface area contributed by atoms with Gasteiger partial charge in [-0.1, -0.05) is 45.6 Å². The minimum Gasteiger partial charge on any atom is -0.464 e. The van der Waals surface area contributed by atoms with E-state index in [0.29, 0.717) is 19.6 Å². The van der Waals surface area contributed by atoms with Gasteiger partial charge in [0, 0.05) is 0 Å². The van der Waals surface area contributed by atoms with E-state index in [9.17, 15) is 9.59 Å². The monoisotopic (exact) mass is 299 g/mol. The van der Waals surface area contributed by atoms with Gasteiger partial charge in [0.1, 0.15) is 6.04 Å². The molecule has 5 heteroatoms. The van der Waals surface area contributed by atoms with E-state index in [1.807, 2.05) is 6.92 Å². The van der Waals surface area contributed by atoms with Crippen molar-refractivity contribution in [2.45, 2.75) is 64.8 Å². The molecule has 1 amide bonds. The summed E-state index contributed by atoms with van der Waals surface area (Å²) in [5.41, 5.74) is 0. The molecule has 0 aromatic carbocycles. The Hall–Kier alpha value is -1.52. The first-order valence-corrected chi connectivity index (χ1v) is 7.86. The molecule has 0 aliphatic rings. The summed E-state index contributed by atoms with van der Waals surface area (Å²) in [7, 11) is 0. The molecule has 0 saturated carbocycles. The van der Waals surface area contributed by atoms with E-state index in [4.69, 9.17) is 9.47 Å². The van der Waals surface area contributed by atoms with Gasteiger partial charge in [0.2, 0.25) is 0 Å². The molecule has 0 heterocycles. The van der Waals surface area contributed by atoms with E-state index in [0.717, 1.165) is 38.5 Å². The molecule has 0 radical (unpaired) electrons. The zero-order valence-electron chi connectivity index (χ0n) is 13.4. The van der Waals surface area contributed by atoms with Gasteiger partial charge < -0.3 is 14.8 Å². The lowest BCUT2D eigenvalue weighted by Crippen LogP contribution is -2.42. The molecular weight excluding hydrogens is 270 g/mol. The second kappa shape index (κ2) is 13.5. The molecule has 0 aromatic heterocycles. The van der Waals surface area contributed by atoms with Crippen molar-refractivity contribution in [3.05, 3.63) is 12.7 Å². The summed E-state index contributed by atoms with van der Waals surface area (Å²) in [6, 6.07) is -0.720. The molecule has 5 nitrogen and oxygen atoms in total. The first-order valence-electron chi connectivity index (χ1n) is 7.86. The van der Waals surface area contributed by atoms with Crippen molar-refractivity contribution in [3.63, 3.8) is 0 Å². The van der Waals surface area contributed by atoms with E-state index in [2.05, 4.69) is 18.8 Å². The number of nitrogens with one attached hydrogen (secondary N) is 1. The molecule has 0 fully saturated rings. The Labute approximate surface area is 128 Å². The van der Waals surface area contributed by atoms with Gasteiger partial charge in [0.05, 0.1) is 13.2 Å². The third-order valence-electron chi connectivity index (χ3n) is 2.95. The number of rotatable bonds is 12. The van der Waals surface area contributed by atoms with Crippen LogP contribution >= 0.6 is 0 Å². The Morgan fingerprint density at radius 2 is 1.71 bits per heavy atom. The molecule has 0 bridgehead atoms.